The number of aromatic hydroxyl groups is 1. The van der Waals surface area contributed by atoms with Crippen LogP contribution in [0.3, 0.4) is 0 Å². The fourth-order valence-corrected chi connectivity index (χ4v) is 3.15. The van der Waals surface area contributed by atoms with Gasteiger partial charge in [0, 0.05) is 10.6 Å². The molecule has 0 aliphatic heterocycles. The molecule has 2 aromatic rings. The van der Waals surface area contributed by atoms with Crippen LogP contribution in [0.25, 0.3) is 0 Å². The number of carbonyl (C=O) groups is 2. The molecule has 0 fully saturated rings. The number of phenols is 1. The number of hydrogen-bond donors (Lipinski definition) is 3. The molecule has 1 amide bonds. The first-order valence-electron chi connectivity index (χ1n) is 9.22. The van der Waals surface area contributed by atoms with E-state index in [1.807, 2.05) is 18.4 Å². The smallest absolute Gasteiger partial charge is 0.412 e. The van der Waals surface area contributed by atoms with Gasteiger partial charge in [0.1, 0.15) is 6.10 Å². The summed E-state index contributed by atoms with van der Waals surface area (Å²) in [5.74, 6) is -0.148. The maximum Gasteiger partial charge on any atom is 0.412 e. The molecule has 30 heavy (non-hydrogen) atoms. The van der Waals surface area contributed by atoms with Crippen molar-refractivity contribution in [3.05, 3.63) is 48.0 Å². The minimum atomic E-state index is -0.651. The topological polar surface area (TPSA) is 94.1 Å². The summed E-state index contributed by atoms with van der Waals surface area (Å²) in [4.78, 5) is 24.7. The Kier molecular flexibility index (Phi) is 9.69. The van der Waals surface area contributed by atoms with Crippen LogP contribution in [0, 0.1) is 0 Å². The van der Waals surface area contributed by atoms with Gasteiger partial charge in [-0.05, 0) is 61.1 Å². The van der Waals surface area contributed by atoms with Crippen LogP contribution >= 0.6 is 24.4 Å². The molecule has 7 nitrogen and oxygen atoms in total. The highest BCUT2D eigenvalue weighted by Crippen LogP contribution is 2.32. The van der Waals surface area contributed by atoms with Crippen molar-refractivity contribution in [3.8, 4) is 11.5 Å². The number of methoxy groups -OCH3 is 1. The molecule has 0 spiro atoms. The first-order chi connectivity index (χ1) is 14.5. The summed E-state index contributed by atoms with van der Waals surface area (Å²) in [7, 11) is 1.45. The van der Waals surface area contributed by atoms with Crippen LogP contribution in [0.5, 0.6) is 11.5 Å². The van der Waals surface area contributed by atoms with Crippen molar-refractivity contribution in [1.82, 2.24) is 0 Å². The Hall–Kier alpha value is -2.52. The van der Waals surface area contributed by atoms with Gasteiger partial charge in [-0.25, -0.2) is 4.79 Å². The molecular weight excluding hydrogens is 426 g/mol. The molecule has 0 unspecified atom stereocenters. The van der Waals surface area contributed by atoms with Crippen molar-refractivity contribution >= 4 is 42.1 Å². The van der Waals surface area contributed by atoms with E-state index < -0.39 is 18.2 Å². The summed E-state index contributed by atoms with van der Waals surface area (Å²) in [6.07, 6.45) is 1.55. The Balaban J connectivity index is 2.06. The third-order valence-corrected chi connectivity index (χ3v) is 5.16. The Bertz CT molecular complexity index is 844. The van der Waals surface area contributed by atoms with E-state index in [9.17, 15) is 14.7 Å². The van der Waals surface area contributed by atoms with E-state index in [0.29, 0.717) is 29.8 Å². The zero-order valence-corrected chi connectivity index (χ0v) is 18.5. The number of carbonyl (C=O) groups excluding carboxylic acids is 2. The second kappa shape index (κ2) is 12.2. The maximum absolute atomic E-state index is 12.4. The first kappa shape index (κ1) is 23.8. The average Bonchev–Trinajstić information content (AvgIpc) is 2.76. The van der Waals surface area contributed by atoms with Crippen LogP contribution in [-0.2, 0) is 14.3 Å². The highest BCUT2D eigenvalue weighted by molar-refractivity contribution is 7.98. The van der Waals surface area contributed by atoms with Crippen molar-refractivity contribution in [2.75, 3.05) is 31.0 Å². The highest BCUT2D eigenvalue weighted by Gasteiger charge is 2.19. The lowest BCUT2D eigenvalue weighted by Crippen LogP contribution is -2.18. The summed E-state index contributed by atoms with van der Waals surface area (Å²) in [5, 5.41) is 12.8. The van der Waals surface area contributed by atoms with Crippen molar-refractivity contribution < 1.29 is 28.9 Å². The Labute approximate surface area is 185 Å². The second-order valence-corrected chi connectivity index (χ2v) is 7.40. The molecular formula is C21H25NO6S2. The lowest BCUT2D eigenvalue weighted by Gasteiger charge is -2.19. The molecule has 9 heteroatoms. The lowest BCUT2D eigenvalue weighted by atomic mass is 10.0. The van der Waals surface area contributed by atoms with Crippen LogP contribution in [0.15, 0.2) is 47.4 Å². The van der Waals surface area contributed by atoms with E-state index in [1.54, 1.807) is 36.0 Å². The molecule has 0 aliphatic carbocycles. The van der Waals surface area contributed by atoms with Crippen LogP contribution in [0.1, 0.15) is 24.5 Å². The van der Waals surface area contributed by atoms with Gasteiger partial charge in [-0.2, -0.15) is 12.6 Å². The predicted octanol–water partition coefficient (Wildman–Crippen LogP) is 4.67. The molecule has 0 bridgehead atoms. The number of amides is 1. The minimum absolute atomic E-state index is 0.00398. The Morgan fingerprint density at radius 1 is 1.20 bits per heavy atom. The largest absolute Gasteiger partial charge is 0.504 e. The van der Waals surface area contributed by atoms with Gasteiger partial charge in [0.05, 0.1) is 19.5 Å². The number of nitrogens with one attached hydrogen (secondary N) is 1. The molecule has 0 saturated heterocycles. The molecule has 162 valence electrons. The number of rotatable bonds is 10. The Morgan fingerprint density at radius 2 is 1.93 bits per heavy atom. The van der Waals surface area contributed by atoms with E-state index in [1.165, 1.54) is 13.2 Å². The quantitative estimate of drug-likeness (QED) is 0.209. The monoisotopic (exact) mass is 451 g/mol. The van der Waals surface area contributed by atoms with Gasteiger partial charge >= 0.3 is 12.1 Å². The van der Waals surface area contributed by atoms with E-state index >= 15 is 0 Å². The SMILES string of the molecule is COc1ccc([C@H](CCCOC(=O)CS)OC(=O)Nc2ccc(SC)cc2)cc1O. The fourth-order valence-electron chi connectivity index (χ4n) is 2.65. The molecule has 0 aliphatic rings. The standard InChI is InChI=1S/C21H25NO6S2/c1-26-19-10-5-14(12-17(19)23)18(4-3-11-27-20(24)13-29)28-21(25)22-15-6-8-16(30-2)9-7-15/h5-10,12,18,23,29H,3-4,11,13H2,1-2H3,(H,22,25)/t18-/m0/s1. The molecule has 2 N–H and O–H groups in total. The fraction of sp³-hybridized carbons (Fsp3) is 0.333. The van der Waals surface area contributed by atoms with Gasteiger partial charge < -0.3 is 19.3 Å². The van der Waals surface area contributed by atoms with Crippen molar-refractivity contribution in [2.45, 2.75) is 23.8 Å². The van der Waals surface area contributed by atoms with Gasteiger partial charge in [0.25, 0.3) is 0 Å². The molecule has 0 aromatic heterocycles. The summed E-state index contributed by atoms with van der Waals surface area (Å²) < 4.78 is 15.7. The van der Waals surface area contributed by atoms with E-state index in [4.69, 9.17) is 14.2 Å². The van der Waals surface area contributed by atoms with Gasteiger partial charge in [-0.15, -0.1) is 11.8 Å². The summed E-state index contributed by atoms with van der Waals surface area (Å²) in [5.41, 5.74) is 1.21. The number of thiol groups is 1. The van der Waals surface area contributed by atoms with Crippen molar-refractivity contribution in [2.24, 2.45) is 0 Å². The average molecular weight is 452 g/mol. The third-order valence-electron chi connectivity index (χ3n) is 4.16. The third kappa shape index (κ3) is 7.38. The van der Waals surface area contributed by atoms with Crippen molar-refractivity contribution in [1.29, 1.82) is 0 Å². The number of benzene rings is 2. The summed E-state index contributed by atoms with van der Waals surface area (Å²) >= 11 is 5.46. The van der Waals surface area contributed by atoms with Gasteiger partial charge in [-0.1, -0.05) is 6.07 Å². The maximum atomic E-state index is 12.4. The van der Waals surface area contributed by atoms with Crippen LogP contribution in [0.4, 0.5) is 10.5 Å². The number of phenolic OH excluding ortho intramolecular Hbond substituents is 1. The normalized spacial score (nSPS) is 11.4. The molecule has 0 radical (unpaired) electrons. The molecule has 0 saturated carbocycles. The summed E-state index contributed by atoms with van der Waals surface area (Å²) in [6, 6.07) is 12.2. The molecule has 1 atom stereocenters. The van der Waals surface area contributed by atoms with E-state index in [2.05, 4.69) is 17.9 Å². The van der Waals surface area contributed by atoms with Crippen molar-refractivity contribution in [3.63, 3.8) is 0 Å². The minimum Gasteiger partial charge on any atom is -0.504 e. The van der Waals surface area contributed by atoms with E-state index in [0.717, 1.165) is 4.90 Å². The van der Waals surface area contributed by atoms with Gasteiger partial charge in [-0.3, -0.25) is 10.1 Å². The number of anilines is 1. The second-order valence-electron chi connectivity index (χ2n) is 6.20. The Morgan fingerprint density at radius 3 is 2.53 bits per heavy atom. The molecule has 2 rings (SSSR count). The zero-order valence-electron chi connectivity index (χ0n) is 16.8. The zero-order chi connectivity index (χ0) is 21.9. The van der Waals surface area contributed by atoms with Crippen LogP contribution in [-0.4, -0.2) is 42.9 Å². The first-order valence-corrected chi connectivity index (χ1v) is 11.1. The number of esters is 1. The summed E-state index contributed by atoms with van der Waals surface area (Å²) in [6.45, 7) is 0.180. The van der Waals surface area contributed by atoms with Crippen LogP contribution in [0.2, 0.25) is 0 Å². The number of thioether (sulfide) groups is 1. The lowest BCUT2D eigenvalue weighted by molar-refractivity contribution is -0.140. The predicted molar refractivity (Wildman–Crippen MR) is 120 cm³/mol. The van der Waals surface area contributed by atoms with E-state index in [-0.39, 0.29) is 18.1 Å². The van der Waals surface area contributed by atoms with Gasteiger partial charge in [0.2, 0.25) is 0 Å². The number of ether oxygens (including phenoxy) is 3. The van der Waals surface area contributed by atoms with Gasteiger partial charge in [0.15, 0.2) is 11.5 Å². The molecule has 2 aromatic carbocycles. The molecule has 0 heterocycles. The highest BCUT2D eigenvalue weighted by atomic mass is 32.2. The number of hydrogen-bond acceptors (Lipinski definition) is 8. The van der Waals surface area contributed by atoms with Crippen LogP contribution < -0.4 is 10.1 Å².